The summed E-state index contributed by atoms with van der Waals surface area (Å²) in [5.74, 6) is 0.396. The van der Waals surface area contributed by atoms with Crippen molar-refractivity contribution < 1.29 is 19.1 Å². The highest BCUT2D eigenvalue weighted by atomic mass is 32.1. The van der Waals surface area contributed by atoms with Crippen molar-refractivity contribution in [3.8, 4) is 22.1 Å². The number of methoxy groups -OCH3 is 1. The summed E-state index contributed by atoms with van der Waals surface area (Å²) in [6.07, 6.45) is 0.0947. The van der Waals surface area contributed by atoms with Gasteiger partial charge in [0.05, 0.1) is 31.5 Å². The number of carbonyl (C=O) groups excluding carboxylic acids is 2. The van der Waals surface area contributed by atoms with Gasteiger partial charge in [-0.1, -0.05) is 0 Å². The molecule has 1 heterocycles. The number of rotatable bonds is 8. The molecule has 0 radical (unpaired) electrons. The maximum Gasteiger partial charge on any atom is 0.248 e. The lowest BCUT2D eigenvalue weighted by atomic mass is 10.1. The van der Waals surface area contributed by atoms with Crippen LogP contribution in [0.4, 0.5) is 5.69 Å². The van der Waals surface area contributed by atoms with E-state index in [-0.39, 0.29) is 17.9 Å². The maximum atomic E-state index is 12.5. The molecule has 150 valence electrons. The van der Waals surface area contributed by atoms with Crippen LogP contribution in [-0.2, 0) is 11.2 Å². The number of nitrogens with two attached hydrogens (primary N) is 1. The number of anilines is 1. The summed E-state index contributed by atoms with van der Waals surface area (Å²) in [4.78, 5) is 28.4. The molecule has 1 aromatic heterocycles. The highest BCUT2D eigenvalue weighted by Gasteiger charge is 2.13. The maximum absolute atomic E-state index is 12.5. The second kappa shape index (κ2) is 9.20. The molecule has 3 rings (SSSR count). The average Bonchev–Trinajstić information content (AvgIpc) is 3.17. The zero-order valence-corrected chi connectivity index (χ0v) is 16.9. The number of hydrogen-bond donors (Lipinski definition) is 2. The minimum absolute atomic E-state index is 0.0947. The summed E-state index contributed by atoms with van der Waals surface area (Å²) in [6, 6.07) is 12.3. The summed E-state index contributed by atoms with van der Waals surface area (Å²) in [7, 11) is 1.48. The van der Waals surface area contributed by atoms with Gasteiger partial charge in [-0.3, -0.25) is 9.59 Å². The van der Waals surface area contributed by atoms with Gasteiger partial charge in [0, 0.05) is 16.5 Å². The van der Waals surface area contributed by atoms with Gasteiger partial charge in [-0.2, -0.15) is 0 Å². The van der Waals surface area contributed by atoms with Gasteiger partial charge in [-0.05, 0) is 49.4 Å². The first-order valence-corrected chi connectivity index (χ1v) is 9.83. The largest absolute Gasteiger partial charge is 0.495 e. The summed E-state index contributed by atoms with van der Waals surface area (Å²) in [5, 5.41) is 5.43. The molecule has 0 atom stereocenters. The second-order valence-electron chi connectivity index (χ2n) is 6.11. The zero-order chi connectivity index (χ0) is 20.8. The molecule has 7 nitrogen and oxygen atoms in total. The van der Waals surface area contributed by atoms with E-state index >= 15 is 0 Å². The van der Waals surface area contributed by atoms with Crippen LogP contribution >= 0.6 is 11.3 Å². The van der Waals surface area contributed by atoms with E-state index in [0.717, 1.165) is 16.3 Å². The summed E-state index contributed by atoms with van der Waals surface area (Å²) < 4.78 is 10.7. The van der Waals surface area contributed by atoms with Crippen molar-refractivity contribution in [2.45, 2.75) is 13.3 Å². The molecule has 0 saturated carbocycles. The predicted octanol–water partition coefficient (Wildman–Crippen LogP) is 3.50. The number of thiazole rings is 1. The topological polar surface area (TPSA) is 104 Å². The lowest BCUT2D eigenvalue weighted by molar-refractivity contribution is -0.115. The van der Waals surface area contributed by atoms with Crippen molar-refractivity contribution in [3.63, 3.8) is 0 Å². The van der Waals surface area contributed by atoms with E-state index in [4.69, 9.17) is 15.2 Å². The third kappa shape index (κ3) is 5.11. The van der Waals surface area contributed by atoms with E-state index < -0.39 is 5.91 Å². The number of amides is 2. The SMILES string of the molecule is CCOc1ccc(-c2nc(CC(=O)Nc3cc(C(N)=O)ccc3OC)cs2)cc1. The molecule has 2 amide bonds. The molecule has 0 aliphatic rings. The number of primary amides is 1. The van der Waals surface area contributed by atoms with Gasteiger partial charge in [0.25, 0.3) is 0 Å². The third-order valence-electron chi connectivity index (χ3n) is 4.06. The summed E-state index contributed by atoms with van der Waals surface area (Å²) >= 11 is 1.47. The highest BCUT2D eigenvalue weighted by molar-refractivity contribution is 7.13. The summed E-state index contributed by atoms with van der Waals surface area (Å²) in [5.41, 5.74) is 7.59. The molecule has 3 aromatic rings. The third-order valence-corrected chi connectivity index (χ3v) is 5.00. The van der Waals surface area contributed by atoms with Gasteiger partial charge in [-0.25, -0.2) is 4.98 Å². The molecule has 2 aromatic carbocycles. The molecule has 0 fully saturated rings. The molecular formula is C21H21N3O4S. The Kier molecular flexibility index (Phi) is 6.46. The zero-order valence-electron chi connectivity index (χ0n) is 16.1. The van der Waals surface area contributed by atoms with Gasteiger partial charge >= 0.3 is 0 Å². The van der Waals surface area contributed by atoms with Crippen LogP contribution in [0, 0.1) is 0 Å². The lowest BCUT2D eigenvalue weighted by Crippen LogP contribution is -2.17. The number of nitrogens with zero attached hydrogens (tertiary/aromatic N) is 1. The number of carbonyl (C=O) groups is 2. The molecule has 0 saturated heterocycles. The van der Waals surface area contributed by atoms with Crippen LogP contribution in [-0.4, -0.2) is 30.5 Å². The standard InChI is InChI=1S/C21H21N3O4S/c1-3-28-16-7-4-13(5-8-16)21-23-15(12-29-21)11-19(25)24-17-10-14(20(22)26)6-9-18(17)27-2/h4-10,12H,3,11H2,1-2H3,(H2,22,26)(H,24,25). The Morgan fingerprint density at radius 3 is 2.59 bits per heavy atom. The van der Waals surface area contributed by atoms with Crippen LogP contribution < -0.4 is 20.5 Å². The van der Waals surface area contributed by atoms with E-state index in [1.54, 1.807) is 12.1 Å². The number of benzene rings is 2. The fraction of sp³-hybridized carbons (Fsp3) is 0.190. The van der Waals surface area contributed by atoms with Crippen LogP contribution in [0.3, 0.4) is 0 Å². The van der Waals surface area contributed by atoms with Crippen molar-refractivity contribution in [1.82, 2.24) is 4.98 Å². The van der Waals surface area contributed by atoms with E-state index in [2.05, 4.69) is 10.3 Å². The van der Waals surface area contributed by atoms with Gasteiger partial charge in [-0.15, -0.1) is 11.3 Å². The van der Waals surface area contributed by atoms with Crippen molar-refractivity contribution in [3.05, 3.63) is 59.1 Å². The van der Waals surface area contributed by atoms with Crippen LogP contribution in [0.1, 0.15) is 23.0 Å². The van der Waals surface area contributed by atoms with Gasteiger partial charge in [0.15, 0.2) is 0 Å². The fourth-order valence-corrected chi connectivity index (χ4v) is 3.52. The lowest BCUT2D eigenvalue weighted by Gasteiger charge is -2.10. The first-order valence-electron chi connectivity index (χ1n) is 8.95. The Morgan fingerprint density at radius 2 is 1.93 bits per heavy atom. The Balaban J connectivity index is 1.69. The van der Waals surface area contributed by atoms with Crippen molar-refractivity contribution in [2.75, 3.05) is 19.0 Å². The minimum atomic E-state index is -0.581. The monoisotopic (exact) mass is 411 g/mol. The Labute approximate surface area is 172 Å². The quantitative estimate of drug-likeness (QED) is 0.590. The highest BCUT2D eigenvalue weighted by Crippen LogP contribution is 2.27. The number of aromatic nitrogens is 1. The van der Waals surface area contributed by atoms with Crippen LogP contribution in [0.5, 0.6) is 11.5 Å². The fourth-order valence-electron chi connectivity index (χ4n) is 2.70. The second-order valence-corrected chi connectivity index (χ2v) is 6.96. The normalized spacial score (nSPS) is 10.4. The number of ether oxygens (including phenoxy) is 2. The van der Waals surface area contributed by atoms with Crippen molar-refractivity contribution in [1.29, 1.82) is 0 Å². The smallest absolute Gasteiger partial charge is 0.248 e. The Bertz CT molecular complexity index is 1020. The first-order chi connectivity index (χ1) is 14.0. The predicted molar refractivity (Wildman–Crippen MR) is 113 cm³/mol. The molecular weight excluding hydrogens is 390 g/mol. The van der Waals surface area contributed by atoms with Crippen molar-refractivity contribution in [2.24, 2.45) is 5.73 Å². The molecule has 29 heavy (non-hydrogen) atoms. The molecule has 0 spiro atoms. The average molecular weight is 411 g/mol. The van der Waals surface area contributed by atoms with Crippen molar-refractivity contribution >= 4 is 28.8 Å². The van der Waals surface area contributed by atoms with Crippen LogP contribution in [0.2, 0.25) is 0 Å². The molecule has 0 bridgehead atoms. The Hall–Kier alpha value is -3.39. The van der Waals surface area contributed by atoms with Crippen LogP contribution in [0.15, 0.2) is 47.8 Å². The number of nitrogens with one attached hydrogen (secondary N) is 1. The molecule has 0 unspecified atom stereocenters. The number of hydrogen-bond acceptors (Lipinski definition) is 6. The molecule has 0 aliphatic carbocycles. The molecule has 8 heteroatoms. The molecule has 3 N–H and O–H groups in total. The van der Waals surface area contributed by atoms with Gasteiger partial charge in [0.2, 0.25) is 11.8 Å². The van der Waals surface area contributed by atoms with Crippen LogP contribution in [0.25, 0.3) is 10.6 Å². The van der Waals surface area contributed by atoms with Gasteiger partial charge in [0.1, 0.15) is 16.5 Å². The van der Waals surface area contributed by atoms with E-state index in [1.165, 1.54) is 24.5 Å². The Morgan fingerprint density at radius 1 is 1.17 bits per heavy atom. The first kappa shape index (κ1) is 20.3. The molecule has 0 aliphatic heterocycles. The summed E-state index contributed by atoms with van der Waals surface area (Å²) in [6.45, 7) is 2.55. The van der Waals surface area contributed by atoms with E-state index in [9.17, 15) is 9.59 Å². The van der Waals surface area contributed by atoms with E-state index in [0.29, 0.717) is 23.7 Å². The van der Waals surface area contributed by atoms with Gasteiger partial charge < -0.3 is 20.5 Å². The minimum Gasteiger partial charge on any atom is -0.495 e. The van der Waals surface area contributed by atoms with E-state index in [1.807, 2.05) is 36.6 Å².